The average Bonchev–Trinajstić information content (AvgIpc) is 3.08. The molecule has 1 aliphatic carbocycles. The lowest BCUT2D eigenvalue weighted by atomic mass is 9.81. The zero-order valence-electron chi connectivity index (χ0n) is 17.4. The highest BCUT2D eigenvalue weighted by Gasteiger charge is 2.42. The normalized spacial score (nSPS) is 16.5. The molecule has 1 aromatic heterocycles. The number of Topliss-reactive ketones (excluding diaryl/α,β-unsaturated/α-hetero) is 1. The van der Waals surface area contributed by atoms with Crippen LogP contribution in [0.5, 0.6) is 5.75 Å². The van der Waals surface area contributed by atoms with Crippen LogP contribution in [0.2, 0.25) is 0 Å². The van der Waals surface area contributed by atoms with E-state index in [1.807, 2.05) is 49.4 Å². The number of allylic oxidation sites excluding steroid dienone is 1. The first-order chi connectivity index (χ1) is 14.9. The minimum Gasteiger partial charge on any atom is -0.494 e. The molecule has 2 aromatic carbocycles. The van der Waals surface area contributed by atoms with Crippen LogP contribution in [-0.2, 0) is 14.1 Å². The van der Waals surface area contributed by atoms with Crippen molar-refractivity contribution in [3.63, 3.8) is 0 Å². The van der Waals surface area contributed by atoms with Gasteiger partial charge in [0.1, 0.15) is 11.6 Å². The van der Waals surface area contributed by atoms with Crippen molar-refractivity contribution in [2.75, 3.05) is 11.9 Å². The predicted octanol–water partition coefficient (Wildman–Crippen LogP) is 2.65. The zero-order valence-corrected chi connectivity index (χ0v) is 17.4. The molecule has 0 saturated carbocycles. The first-order valence-corrected chi connectivity index (χ1v) is 10.1. The fourth-order valence-electron chi connectivity index (χ4n) is 4.51. The maximum atomic E-state index is 13.4. The van der Waals surface area contributed by atoms with Gasteiger partial charge in [-0.3, -0.25) is 18.7 Å². The lowest BCUT2D eigenvalue weighted by Gasteiger charge is -2.29. The van der Waals surface area contributed by atoms with Crippen molar-refractivity contribution in [1.82, 2.24) is 9.13 Å². The number of fused-ring (bicyclic) bond motifs is 3. The number of hydrogen-bond donors (Lipinski definition) is 1. The molecule has 0 fully saturated rings. The van der Waals surface area contributed by atoms with Crippen molar-refractivity contribution in [3.05, 3.63) is 97.2 Å². The van der Waals surface area contributed by atoms with E-state index >= 15 is 0 Å². The molecule has 0 bridgehead atoms. The van der Waals surface area contributed by atoms with Gasteiger partial charge in [0.05, 0.1) is 17.9 Å². The standard InChI is InChI=1S/C24H21N3O4/c1-4-31-14-11-9-13(10-12-14)17-18-20(15-7-5-6-8-16(15)21(18)28)25-22-19(17)23(29)27(3)24(30)26(22)2/h5-12,17,25H,4H2,1-3H3. The minimum absolute atomic E-state index is 0.112. The van der Waals surface area contributed by atoms with Crippen LogP contribution in [0.3, 0.4) is 0 Å². The number of benzene rings is 2. The highest BCUT2D eigenvalue weighted by Crippen LogP contribution is 2.47. The number of carbonyl (C=O) groups is 1. The molecule has 0 amide bonds. The number of nitrogens with zero attached hydrogens (tertiary/aromatic N) is 2. The van der Waals surface area contributed by atoms with Gasteiger partial charge in [0.15, 0.2) is 5.78 Å². The summed E-state index contributed by atoms with van der Waals surface area (Å²) in [6.45, 7) is 2.45. The van der Waals surface area contributed by atoms with E-state index < -0.39 is 17.2 Å². The van der Waals surface area contributed by atoms with Gasteiger partial charge in [-0.15, -0.1) is 0 Å². The molecule has 3 aromatic rings. The lowest BCUT2D eigenvalue weighted by Crippen LogP contribution is -2.42. The SMILES string of the molecule is CCOc1ccc(C2C3=C(Nc4c2c(=O)n(C)c(=O)n4C)c2ccccc2C3=O)cc1. The van der Waals surface area contributed by atoms with Gasteiger partial charge in [-0.2, -0.15) is 0 Å². The number of ketones is 1. The van der Waals surface area contributed by atoms with Crippen molar-refractivity contribution in [3.8, 4) is 5.75 Å². The minimum atomic E-state index is -0.604. The Labute approximate surface area is 178 Å². The van der Waals surface area contributed by atoms with Crippen molar-refractivity contribution < 1.29 is 9.53 Å². The molecular formula is C24H21N3O4. The van der Waals surface area contributed by atoms with Crippen LogP contribution in [0.15, 0.2) is 63.7 Å². The van der Waals surface area contributed by atoms with Gasteiger partial charge >= 0.3 is 5.69 Å². The van der Waals surface area contributed by atoms with Gasteiger partial charge in [0.25, 0.3) is 5.56 Å². The highest BCUT2D eigenvalue weighted by molar-refractivity contribution is 6.23. The van der Waals surface area contributed by atoms with Crippen molar-refractivity contribution in [2.45, 2.75) is 12.8 Å². The lowest BCUT2D eigenvalue weighted by molar-refractivity contribution is 0.103. The number of nitrogens with one attached hydrogen (secondary N) is 1. The first kappa shape index (κ1) is 19.1. The molecule has 0 radical (unpaired) electrons. The summed E-state index contributed by atoms with van der Waals surface area (Å²) in [5.41, 5.74) is 2.86. The van der Waals surface area contributed by atoms with E-state index in [9.17, 15) is 14.4 Å². The van der Waals surface area contributed by atoms with Crippen LogP contribution < -0.4 is 21.3 Å². The summed E-state index contributed by atoms with van der Waals surface area (Å²) in [6, 6.07) is 14.8. The monoisotopic (exact) mass is 415 g/mol. The van der Waals surface area contributed by atoms with Crippen LogP contribution in [0.4, 0.5) is 5.82 Å². The topological polar surface area (TPSA) is 82.3 Å². The molecule has 2 heterocycles. The Balaban J connectivity index is 1.82. The maximum Gasteiger partial charge on any atom is 0.332 e. The molecule has 0 saturated heterocycles. The van der Waals surface area contributed by atoms with E-state index in [1.54, 1.807) is 13.1 Å². The van der Waals surface area contributed by atoms with Gasteiger partial charge in [0, 0.05) is 36.7 Å². The molecule has 156 valence electrons. The quantitative estimate of drug-likeness (QED) is 0.711. The second kappa shape index (κ2) is 6.84. The van der Waals surface area contributed by atoms with Gasteiger partial charge < -0.3 is 10.1 Å². The Bertz CT molecular complexity index is 1390. The molecule has 7 heteroatoms. The molecule has 1 N–H and O–H groups in total. The van der Waals surface area contributed by atoms with Crippen molar-refractivity contribution >= 4 is 17.3 Å². The Kier molecular flexibility index (Phi) is 4.22. The smallest absolute Gasteiger partial charge is 0.332 e. The van der Waals surface area contributed by atoms with Gasteiger partial charge in [-0.25, -0.2) is 4.79 Å². The molecule has 1 atom stereocenters. The van der Waals surface area contributed by atoms with Gasteiger partial charge in [-0.05, 0) is 24.6 Å². The van der Waals surface area contributed by atoms with Crippen LogP contribution in [0, 0.1) is 0 Å². The highest BCUT2D eigenvalue weighted by atomic mass is 16.5. The van der Waals surface area contributed by atoms with Gasteiger partial charge in [0.2, 0.25) is 0 Å². The first-order valence-electron chi connectivity index (χ1n) is 10.1. The molecule has 0 spiro atoms. The van der Waals surface area contributed by atoms with E-state index in [2.05, 4.69) is 5.32 Å². The van der Waals surface area contributed by atoms with E-state index in [4.69, 9.17) is 4.74 Å². The second-order valence-corrected chi connectivity index (χ2v) is 7.69. The number of carbonyl (C=O) groups excluding carboxylic acids is 1. The third-order valence-electron chi connectivity index (χ3n) is 6.00. The number of ether oxygens (including phenoxy) is 1. The van der Waals surface area contributed by atoms with Crippen LogP contribution in [0.1, 0.15) is 39.9 Å². The number of rotatable bonds is 3. The Morgan fingerprint density at radius 2 is 1.61 bits per heavy atom. The number of aromatic nitrogens is 2. The fourth-order valence-corrected chi connectivity index (χ4v) is 4.51. The third kappa shape index (κ3) is 2.63. The molecule has 7 nitrogen and oxygen atoms in total. The molecule has 5 rings (SSSR count). The van der Waals surface area contributed by atoms with Gasteiger partial charge in [-0.1, -0.05) is 36.4 Å². The summed E-state index contributed by atoms with van der Waals surface area (Å²) in [4.78, 5) is 39.3. The summed E-state index contributed by atoms with van der Waals surface area (Å²) in [5, 5.41) is 3.24. The summed E-state index contributed by atoms with van der Waals surface area (Å²) in [5.74, 6) is 0.408. The summed E-state index contributed by atoms with van der Waals surface area (Å²) >= 11 is 0. The molecule has 1 unspecified atom stereocenters. The summed E-state index contributed by atoms with van der Waals surface area (Å²) in [7, 11) is 3.08. The van der Waals surface area contributed by atoms with Crippen molar-refractivity contribution in [2.24, 2.45) is 14.1 Å². The van der Waals surface area contributed by atoms with Crippen LogP contribution >= 0.6 is 0 Å². The molecular weight excluding hydrogens is 394 g/mol. The summed E-state index contributed by atoms with van der Waals surface area (Å²) in [6.07, 6.45) is 0. The maximum absolute atomic E-state index is 13.4. The predicted molar refractivity (Wildman–Crippen MR) is 118 cm³/mol. The van der Waals surface area contributed by atoms with Crippen molar-refractivity contribution in [1.29, 1.82) is 0 Å². The third-order valence-corrected chi connectivity index (χ3v) is 6.00. The van der Waals surface area contributed by atoms with E-state index in [1.165, 1.54) is 11.6 Å². The van der Waals surface area contributed by atoms with Crippen LogP contribution in [0.25, 0.3) is 5.70 Å². The second-order valence-electron chi connectivity index (χ2n) is 7.69. The molecule has 2 aliphatic rings. The van der Waals surface area contributed by atoms with E-state index in [0.717, 1.165) is 15.7 Å². The number of anilines is 1. The largest absolute Gasteiger partial charge is 0.494 e. The fraction of sp³-hybridized carbons (Fsp3) is 0.208. The number of hydrogen-bond acceptors (Lipinski definition) is 5. The Hall–Kier alpha value is -3.87. The van der Waals surface area contributed by atoms with Crippen LogP contribution in [-0.4, -0.2) is 21.5 Å². The van der Waals surface area contributed by atoms with E-state index in [0.29, 0.717) is 40.6 Å². The molecule has 1 aliphatic heterocycles. The Morgan fingerprint density at radius 1 is 0.935 bits per heavy atom. The summed E-state index contributed by atoms with van der Waals surface area (Å²) < 4.78 is 8.06. The van der Waals surface area contributed by atoms with E-state index in [-0.39, 0.29) is 5.78 Å². The Morgan fingerprint density at radius 3 is 2.29 bits per heavy atom. The average molecular weight is 415 g/mol. The zero-order chi connectivity index (χ0) is 21.9. The molecule has 31 heavy (non-hydrogen) atoms.